The molecule has 21 heavy (non-hydrogen) atoms. The summed E-state index contributed by atoms with van der Waals surface area (Å²) in [4.78, 5) is 14.4. The first-order valence-electron chi connectivity index (χ1n) is 7.08. The van der Waals surface area contributed by atoms with Gasteiger partial charge in [0.25, 0.3) is 0 Å². The minimum absolute atomic E-state index is 0.124. The Labute approximate surface area is 122 Å². The van der Waals surface area contributed by atoms with Crippen molar-refractivity contribution in [3.05, 3.63) is 53.6 Å². The Morgan fingerprint density at radius 3 is 2.90 bits per heavy atom. The van der Waals surface area contributed by atoms with Crippen LogP contribution in [0.2, 0.25) is 0 Å². The third-order valence-electron chi connectivity index (χ3n) is 3.98. The van der Waals surface area contributed by atoms with Gasteiger partial charge in [0, 0.05) is 12.2 Å². The van der Waals surface area contributed by atoms with Crippen molar-refractivity contribution in [1.82, 2.24) is 0 Å². The number of hydrogen-bond donors (Lipinski definition) is 0. The lowest BCUT2D eigenvalue weighted by Gasteiger charge is -2.17. The zero-order valence-electron chi connectivity index (χ0n) is 11.5. The van der Waals surface area contributed by atoms with Gasteiger partial charge in [0.2, 0.25) is 12.7 Å². The van der Waals surface area contributed by atoms with Gasteiger partial charge >= 0.3 is 0 Å². The number of fused-ring (bicyclic) bond motifs is 2. The monoisotopic (exact) mass is 281 g/mol. The van der Waals surface area contributed by atoms with Crippen LogP contribution in [0.3, 0.4) is 0 Å². The summed E-state index contributed by atoms with van der Waals surface area (Å²) in [6.07, 6.45) is 1.31. The highest BCUT2D eigenvalue weighted by molar-refractivity contribution is 5.96. The molecule has 0 saturated carbocycles. The molecule has 4 heteroatoms. The van der Waals surface area contributed by atoms with Gasteiger partial charge in [-0.25, -0.2) is 0 Å². The molecule has 2 heterocycles. The number of nitrogens with zero attached hydrogens (tertiary/aromatic N) is 1. The Hall–Kier alpha value is -2.49. The van der Waals surface area contributed by atoms with Gasteiger partial charge in [-0.05, 0) is 35.7 Å². The van der Waals surface area contributed by atoms with E-state index in [1.165, 1.54) is 5.56 Å². The molecule has 0 bridgehead atoms. The molecule has 2 aliphatic rings. The van der Waals surface area contributed by atoms with E-state index in [2.05, 4.69) is 6.07 Å². The van der Waals surface area contributed by atoms with Gasteiger partial charge in [-0.1, -0.05) is 24.3 Å². The van der Waals surface area contributed by atoms with Crippen molar-refractivity contribution in [2.24, 2.45) is 0 Å². The van der Waals surface area contributed by atoms with Crippen molar-refractivity contribution in [3.63, 3.8) is 0 Å². The SMILES string of the molecule is O=C(Cc1ccc2c(c1)OCO2)N1CCc2ccccc21. The molecule has 0 radical (unpaired) electrons. The lowest BCUT2D eigenvalue weighted by molar-refractivity contribution is -0.117. The molecular formula is C17H15NO3. The standard InChI is InChI=1S/C17H15NO3/c19-17(18-8-7-13-3-1-2-4-14(13)18)10-12-5-6-15-16(9-12)21-11-20-15/h1-6,9H,7-8,10-11H2. The van der Waals surface area contributed by atoms with Crippen LogP contribution in [-0.2, 0) is 17.6 Å². The van der Waals surface area contributed by atoms with Crippen LogP contribution in [0, 0.1) is 0 Å². The molecule has 0 spiro atoms. The number of rotatable bonds is 2. The maximum atomic E-state index is 12.5. The van der Waals surface area contributed by atoms with E-state index >= 15 is 0 Å². The number of hydrogen-bond acceptors (Lipinski definition) is 3. The van der Waals surface area contributed by atoms with Crippen LogP contribution in [0.5, 0.6) is 11.5 Å². The van der Waals surface area contributed by atoms with Gasteiger partial charge in [-0.3, -0.25) is 4.79 Å². The van der Waals surface area contributed by atoms with E-state index in [1.54, 1.807) is 0 Å². The molecule has 2 aromatic carbocycles. The Morgan fingerprint density at radius 2 is 1.95 bits per heavy atom. The quantitative estimate of drug-likeness (QED) is 0.849. The van der Waals surface area contributed by atoms with Crippen molar-refractivity contribution in [2.45, 2.75) is 12.8 Å². The summed E-state index contributed by atoms with van der Waals surface area (Å²) >= 11 is 0. The predicted octanol–water partition coefficient (Wildman–Crippen LogP) is 2.55. The molecule has 106 valence electrons. The van der Waals surface area contributed by atoms with Crippen molar-refractivity contribution in [3.8, 4) is 11.5 Å². The van der Waals surface area contributed by atoms with Crippen LogP contribution in [-0.4, -0.2) is 19.2 Å². The van der Waals surface area contributed by atoms with Gasteiger partial charge in [0.1, 0.15) is 0 Å². The number of carbonyl (C=O) groups excluding carboxylic acids is 1. The number of ether oxygens (including phenoxy) is 2. The molecule has 0 fully saturated rings. The molecule has 0 saturated heterocycles. The molecule has 0 N–H and O–H groups in total. The minimum Gasteiger partial charge on any atom is -0.454 e. The third-order valence-corrected chi connectivity index (χ3v) is 3.98. The normalized spacial score (nSPS) is 15.1. The number of carbonyl (C=O) groups is 1. The fourth-order valence-electron chi connectivity index (χ4n) is 2.92. The number of para-hydroxylation sites is 1. The maximum absolute atomic E-state index is 12.5. The second kappa shape index (κ2) is 4.81. The van der Waals surface area contributed by atoms with Crippen LogP contribution in [0.15, 0.2) is 42.5 Å². The van der Waals surface area contributed by atoms with Crippen molar-refractivity contribution in [1.29, 1.82) is 0 Å². The summed E-state index contributed by atoms with van der Waals surface area (Å²) in [5.74, 6) is 1.60. The van der Waals surface area contributed by atoms with E-state index in [4.69, 9.17) is 9.47 Å². The van der Waals surface area contributed by atoms with Crippen molar-refractivity contribution < 1.29 is 14.3 Å². The average molecular weight is 281 g/mol. The Bertz CT molecular complexity index is 711. The summed E-state index contributed by atoms with van der Waals surface area (Å²) in [7, 11) is 0. The highest BCUT2D eigenvalue weighted by Crippen LogP contribution is 2.33. The Kier molecular flexibility index (Phi) is 2.81. The van der Waals surface area contributed by atoms with E-state index in [-0.39, 0.29) is 12.7 Å². The van der Waals surface area contributed by atoms with E-state index in [9.17, 15) is 4.79 Å². The highest BCUT2D eigenvalue weighted by atomic mass is 16.7. The predicted molar refractivity (Wildman–Crippen MR) is 78.8 cm³/mol. The third kappa shape index (κ3) is 2.13. The first-order valence-corrected chi connectivity index (χ1v) is 7.08. The number of benzene rings is 2. The number of anilines is 1. The van der Waals surface area contributed by atoms with Crippen LogP contribution in [0.1, 0.15) is 11.1 Å². The van der Waals surface area contributed by atoms with E-state index in [0.29, 0.717) is 6.42 Å². The smallest absolute Gasteiger partial charge is 0.231 e. The fraction of sp³-hybridized carbons (Fsp3) is 0.235. The summed E-state index contributed by atoms with van der Waals surface area (Å²) in [6.45, 7) is 1.02. The zero-order chi connectivity index (χ0) is 14.2. The highest BCUT2D eigenvalue weighted by Gasteiger charge is 2.24. The molecule has 0 aliphatic carbocycles. The topological polar surface area (TPSA) is 38.8 Å². The zero-order valence-corrected chi connectivity index (χ0v) is 11.5. The van der Waals surface area contributed by atoms with E-state index in [1.807, 2.05) is 41.3 Å². The van der Waals surface area contributed by atoms with E-state index < -0.39 is 0 Å². The minimum atomic E-state index is 0.124. The Balaban J connectivity index is 1.54. The molecule has 4 nitrogen and oxygen atoms in total. The maximum Gasteiger partial charge on any atom is 0.231 e. The largest absolute Gasteiger partial charge is 0.454 e. The molecule has 1 amide bonds. The molecule has 4 rings (SSSR count). The molecular weight excluding hydrogens is 266 g/mol. The molecule has 0 atom stereocenters. The fourth-order valence-corrected chi connectivity index (χ4v) is 2.92. The average Bonchev–Trinajstić information content (AvgIpc) is 3.13. The van der Waals surface area contributed by atoms with Gasteiger partial charge in [0.05, 0.1) is 6.42 Å². The summed E-state index contributed by atoms with van der Waals surface area (Å²) < 4.78 is 10.6. The summed E-state index contributed by atoms with van der Waals surface area (Å²) in [5, 5.41) is 0. The molecule has 2 aliphatic heterocycles. The van der Waals surface area contributed by atoms with Gasteiger partial charge in [-0.2, -0.15) is 0 Å². The van der Waals surface area contributed by atoms with Gasteiger partial charge in [0.15, 0.2) is 11.5 Å². The van der Waals surface area contributed by atoms with Crippen LogP contribution < -0.4 is 14.4 Å². The second-order valence-electron chi connectivity index (χ2n) is 5.29. The van der Waals surface area contributed by atoms with Gasteiger partial charge < -0.3 is 14.4 Å². The van der Waals surface area contributed by atoms with Crippen molar-refractivity contribution in [2.75, 3.05) is 18.2 Å². The summed E-state index contributed by atoms with van der Waals surface area (Å²) in [6, 6.07) is 13.8. The molecule has 0 unspecified atom stereocenters. The lowest BCUT2D eigenvalue weighted by Crippen LogP contribution is -2.30. The lowest BCUT2D eigenvalue weighted by atomic mass is 10.1. The first kappa shape index (κ1) is 12.3. The van der Waals surface area contributed by atoms with Crippen LogP contribution >= 0.6 is 0 Å². The first-order chi connectivity index (χ1) is 10.3. The van der Waals surface area contributed by atoms with Crippen LogP contribution in [0.4, 0.5) is 5.69 Å². The van der Waals surface area contributed by atoms with Crippen LogP contribution in [0.25, 0.3) is 0 Å². The second-order valence-corrected chi connectivity index (χ2v) is 5.29. The van der Waals surface area contributed by atoms with E-state index in [0.717, 1.165) is 35.7 Å². The Morgan fingerprint density at radius 1 is 1.10 bits per heavy atom. The molecule has 2 aromatic rings. The van der Waals surface area contributed by atoms with Crippen molar-refractivity contribution >= 4 is 11.6 Å². The molecule has 0 aromatic heterocycles. The summed E-state index contributed by atoms with van der Waals surface area (Å²) in [5.41, 5.74) is 3.24. The van der Waals surface area contributed by atoms with Gasteiger partial charge in [-0.15, -0.1) is 0 Å². The number of amides is 1.